The van der Waals surface area contributed by atoms with E-state index in [4.69, 9.17) is 0 Å². The van der Waals surface area contributed by atoms with Gasteiger partial charge in [-0.25, -0.2) is 0 Å². The van der Waals surface area contributed by atoms with E-state index in [1.54, 1.807) is 6.92 Å². The van der Waals surface area contributed by atoms with Crippen molar-refractivity contribution in [3.05, 3.63) is 0 Å². The van der Waals surface area contributed by atoms with Crippen molar-refractivity contribution < 1.29 is 23.9 Å². The Balaban J connectivity index is 3.78. The Morgan fingerprint density at radius 2 is 1.69 bits per heavy atom. The first-order valence-corrected chi connectivity index (χ1v) is 3.80. The van der Waals surface area contributed by atoms with Gasteiger partial charge in [0.2, 0.25) is 0 Å². The first kappa shape index (κ1) is 11.6. The molecule has 0 aliphatic heterocycles. The molecule has 0 heterocycles. The zero-order valence-electron chi connectivity index (χ0n) is 7.83. The number of ether oxygens (including phenoxy) is 2. The van der Waals surface area contributed by atoms with Crippen LogP contribution >= 0.6 is 0 Å². The second kappa shape index (κ2) is 5.29. The van der Waals surface area contributed by atoms with Crippen molar-refractivity contribution in [1.82, 2.24) is 0 Å². The van der Waals surface area contributed by atoms with Crippen LogP contribution in [0.25, 0.3) is 0 Å². The van der Waals surface area contributed by atoms with E-state index in [2.05, 4.69) is 9.47 Å². The smallest absolute Gasteiger partial charge is 0.317 e. The molecule has 0 spiro atoms. The Hall–Kier alpha value is -1.39. The molecule has 5 heteroatoms. The summed E-state index contributed by atoms with van der Waals surface area (Å²) in [6, 6.07) is 0. The Kier molecular flexibility index (Phi) is 4.72. The number of rotatable bonds is 3. The highest BCUT2D eigenvalue weighted by atomic mass is 16.6. The van der Waals surface area contributed by atoms with E-state index in [0.29, 0.717) is 0 Å². The summed E-state index contributed by atoms with van der Waals surface area (Å²) in [4.78, 5) is 31.5. The highest BCUT2D eigenvalue weighted by molar-refractivity contribution is 5.84. The van der Waals surface area contributed by atoms with Gasteiger partial charge in [0.25, 0.3) is 0 Å². The third kappa shape index (κ3) is 6.99. The molecule has 0 fully saturated rings. The molecular weight excluding hydrogens is 176 g/mol. The van der Waals surface area contributed by atoms with Gasteiger partial charge in [-0.1, -0.05) is 0 Å². The summed E-state index contributed by atoms with van der Waals surface area (Å²) in [5, 5.41) is 0. The molecule has 1 atom stereocenters. The maximum Gasteiger partial charge on any atom is 0.317 e. The van der Waals surface area contributed by atoms with Crippen molar-refractivity contribution in [3.8, 4) is 0 Å². The molecule has 0 aromatic rings. The molecule has 74 valence electrons. The minimum atomic E-state index is -0.693. The summed E-state index contributed by atoms with van der Waals surface area (Å²) in [6.07, 6.45) is -0.677. The van der Waals surface area contributed by atoms with Gasteiger partial charge in [0.1, 0.15) is 6.10 Å². The third-order valence-electron chi connectivity index (χ3n) is 1.08. The Labute approximate surface area is 76.0 Å². The van der Waals surface area contributed by atoms with Gasteiger partial charge in [0.05, 0.1) is 6.42 Å². The highest BCUT2D eigenvalue weighted by Gasteiger charge is 2.13. The number of carbonyl (C=O) groups excluding carboxylic acids is 3. The Morgan fingerprint density at radius 3 is 2.08 bits per heavy atom. The maximum atomic E-state index is 10.8. The molecule has 0 aliphatic rings. The van der Waals surface area contributed by atoms with Crippen LogP contribution in [0, 0.1) is 0 Å². The fourth-order valence-corrected chi connectivity index (χ4v) is 0.762. The molecule has 0 aliphatic carbocycles. The molecule has 0 aromatic heterocycles. The predicted molar refractivity (Wildman–Crippen MR) is 42.6 cm³/mol. The van der Waals surface area contributed by atoms with Gasteiger partial charge in [0.15, 0.2) is 0 Å². The monoisotopic (exact) mass is 188 g/mol. The summed E-state index contributed by atoms with van der Waals surface area (Å²) in [5.41, 5.74) is 0. The van der Waals surface area contributed by atoms with Gasteiger partial charge in [-0.05, 0) is 6.92 Å². The zero-order valence-corrected chi connectivity index (χ0v) is 7.83. The molecule has 0 radical (unpaired) electrons. The second-order valence-electron chi connectivity index (χ2n) is 2.59. The lowest BCUT2D eigenvalue weighted by atomic mass is 10.3. The quantitative estimate of drug-likeness (QED) is 0.474. The van der Waals surface area contributed by atoms with Crippen LogP contribution in [0.3, 0.4) is 0 Å². The molecule has 0 bridgehead atoms. The molecular formula is C8H12O5. The van der Waals surface area contributed by atoms with Gasteiger partial charge < -0.3 is 9.47 Å². The first-order chi connectivity index (χ1) is 5.91. The number of esters is 3. The standard InChI is InChI=1S/C8H12O5/c1-5(12-6(2)9)4-8(11)13-7(3)10/h5H,4H2,1-3H3. The molecule has 1 unspecified atom stereocenters. The lowest BCUT2D eigenvalue weighted by Gasteiger charge is -2.09. The molecule has 5 nitrogen and oxygen atoms in total. The van der Waals surface area contributed by atoms with Crippen molar-refractivity contribution in [2.75, 3.05) is 0 Å². The summed E-state index contributed by atoms with van der Waals surface area (Å²) in [7, 11) is 0. The Bertz CT molecular complexity index is 221. The van der Waals surface area contributed by atoms with Crippen LogP contribution in [0.2, 0.25) is 0 Å². The predicted octanol–water partition coefficient (Wildman–Crippen LogP) is 0.418. The summed E-state index contributed by atoms with van der Waals surface area (Å²) in [6.45, 7) is 3.92. The van der Waals surface area contributed by atoms with Gasteiger partial charge in [-0.2, -0.15) is 0 Å². The van der Waals surface area contributed by atoms with Crippen LogP contribution in [0.5, 0.6) is 0 Å². The van der Waals surface area contributed by atoms with E-state index < -0.39 is 24.0 Å². The SMILES string of the molecule is CC(=O)OC(=O)CC(C)OC(C)=O. The molecule has 0 N–H and O–H groups in total. The number of hydrogen-bond acceptors (Lipinski definition) is 5. The van der Waals surface area contributed by atoms with Crippen molar-refractivity contribution in [2.45, 2.75) is 33.3 Å². The molecule has 0 saturated carbocycles. The number of carbonyl (C=O) groups is 3. The van der Waals surface area contributed by atoms with E-state index in [0.717, 1.165) is 6.92 Å². The molecule has 0 rings (SSSR count). The maximum absolute atomic E-state index is 10.8. The average molecular weight is 188 g/mol. The summed E-state index contributed by atoms with van der Waals surface area (Å²) < 4.78 is 8.88. The summed E-state index contributed by atoms with van der Waals surface area (Å²) in [5.74, 6) is -1.83. The van der Waals surface area contributed by atoms with Gasteiger partial charge in [0, 0.05) is 13.8 Å². The van der Waals surface area contributed by atoms with Crippen LogP contribution in [0.15, 0.2) is 0 Å². The van der Waals surface area contributed by atoms with E-state index >= 15 is 0 Å². The molecule has 0 aromatic carbocycles. The van der Waals surface area contributed by atoms with E-state index in [-0.39, 0.29) is 6.42 Å². The van der Waals surface area contributed by atoms with Crippen molar-refractivity contribution >= 4 is 17.9 Å². The molecule has 13 heavy (non-hydrogen) atoms. The summed E-state index contributed by atoms with van der Waals surface area (Å²) >= 11 is 0. The van der Waals surface area contributed by atoms with Crippen molar-refractivity contribution in [2.24, 2.45) is 0 Å². The van der Waals surface area contributed by atoms with Crippen LogP contribution in [-0.4, -0.2) is 24.0 Å². The van der Waals surface area contributed by atoms with Crippen LogP contribution in [0.4, 0.5) is 0 Å². The van der Waals surface area contributed by atoms with Gasteiger partial charge >= 0.3 is 17.9 Å². The number of hydrogen-bond donors (Lipinski definition) is 0. The highest BCUT2D eigenvalue weighted by Crippen LogP contribution is 1.99. The van der Waals surface area contributed by atoms with E-state index in [9.17, 15) is 14.4 Å². The topological polar surface area (TPSA) is 69.7 Å². The van der Waals surface area contributed by atoms with Crippen LogP contribution in [0.1, 0.15) is 27.2 Å². The van der Waals surface area contributed by atoms with Crippen LogP contribution in [-0.2, 0) is 23.9 Å². The van der Waals surface area contributed by atoms with Gasteiger partial charge in [-0.15, -0.1) is 0 Å². The van der Waals surface area contributed by atoms with E-state index in [1.165, 1.54) is 6.92 Å². The zero-order chi connectivity index (χ0) is 10.4. The Morgan fingerprint density at radius 1 is 1.15 bits per heavy atom. The van der Waals surface area contributed by atoms with E-state index in [1.807, 2.05) is 0 Å². The first-order valence-electron chi connectivity index (χ1n) is 3.80. The average Bonchev–Trinajstić information content (AvgIpc) is 1.80. The van der Waals surface area contributed by atoms with Gasteiger partial charge in [-0.3, -0.25) is 14.4 Å². The largest absolute Gasteiger partial charge is 0.462 e. The molecule has 0 saturated heterocycles. The fourth-order valence-electron chi connectivity index (χ4n) is 0.762. The minimum Gasteiger partial charge on any atom is -0.462 e. The van der Waals surface area contributed by atoms with Crippen molar-refractivity contribution in [3.63, 3.8) is 0 Å². The lowest BCUT2D eigenvalue weighted by Crippen LogP contribution is -2.19. The lowest BCUT2D eigenvalue weighted by molar-refractivity contribution is -0.160. The van der Waals surface area contributed by atoms with Crippen LogP contribution < -0.4 is 0 Å². The third-order valence-corrected chi connectivity index (χ3v) is 1.08. The second-order valence-corrected chi connectivity index (χ2v) is 2.59. The minimum absolute atomic E-state index is 0.112. The molecule has 0 amide bonds. The van der Waals surface area contributed by atoms with Crippen molar-refractivity contribution in [1.29, 1.82) is 0 Å². The normalized spacial score (nSPS) is 11.6. The fraction of sp³-hybridized carbons (Fsp3) is 0.625.